The minimum atomic E-state index is -0.252. The molecule has 1 aliphatic rings. The summed E-state index contributed by atoms with van der Waals surface area (Å²) in [4.78, 5) is 21.3. The van der Waals surface area contributed by atoms with E-state index in [9.17, 15) is 9.18 Å². The number of anilines is 1. The van der Waals surface area contributed by atoms with Gasteiger partial charge in [-0.1, -0.05) is 11.6 Å². The molecule has 0 N–H and O–H groups in total. The van der Waals surface area contributed by atoms with E-state index in [1.54, 1.807) is 33.8 Å². The van der Waals surface area contributed by atoms with E-state index >= 15 is 0 Å². The van der Waals surface area contributed by atoms with Crippen molar-refractivity contribution in [1.82, 2.24) is 19.7 Å². The van der Waals surface area contributed by atoms with Gasteiger partial charge in [-0.2, -0.15) is 0 Å². The van der Waals surface area contributed by atoms with Crippen LogP contribution in [0.5, 0.6) is 0 Å². The smallest absolute Gasteiger partial charge is 0.293 e. The summed E-state index contributed by atoms with van der Waals surface area (Å²) in [5, 5.41) is 5.06. The Bertz CT molecular complexity index is 1000. The number of aryl methyl sites for hydroxylation is 1. The van der Waals surface area contributed by atoms with Gasteiger partial charge in [-0.05, 0) is 61.9 Å². The molecule has 1 fully saturated rings. The first-order chi connectivity index (χ1) is 14.0. The maximum Gasteiger partial charge on any atom is 0.293 e. The minimum Gasteiger partial charge on any atom is -0.370 e. The van der Waals surface area contributed by atoms with E-state index in [4.69, 9.17) is 11.6 Å². The molecule has 150 valence electrons. The van der Waals surface area contributed by atoms with E-state index in [1.165, 1.54) is 12.1 Å². The van der Waals surface area contributed by atoms with Crippen LogP contribution in [-0.4, -0.2) is 51.8 Å². The Hall–Kier alpha value is -2.93. The SMILES string of the molecule is Cc1nc(C(=O)N2CCCN(c3ccc(F)cc3)CC2)nn1-c1ccc(Cl)cc1. The number of hydrogen-bond donors (Lipinski definition) is 0. The molecule has 0 atom stereocenters. The highest BCUT2D eigenvalue weighted by Crippen LogP contribution is 2.18. The Morgan fingerprint density at radius 3 is 2.38 bits per heavy atom. The Morgan fingerprint density at radius 1 is 0.966 bits per heavy atom. The summed E-state index contributed by atoms with van der Waals surface area (Å²) >= 11 is 5.95. The lowest BCUT2D eigenvalue weighted by atomic mass is 10.2. The van der Waals surface area contributed by atoms with Crippen molar-refractivity contribution in [3.8, 4) is 5.69 Å². The normalized spacial score (nSPS) is 14.7. The first-order valence-corrected chi connectivity index (χ1v) is 9.88. The van der Waals surface area contributed by atoms with Gasteiger partial charge in [-0.15, -0.1) is 5.10 Å². The number of carbonyl (C=O) groups is 1. The van der Waals surface area contributed by atoms with Crippen LogP contribution in [0.25, 0.3) is 5.69 Å². The summed E-state index contributed by atoms with van der Waals surface area (Å²) in [6.07, 6.45) is 0.819. The van der Waals surface area contributed by atoms with Crippen LogP contribution in [-0.2, 0) is 0 Å². The average Bonchev–Trinajstić information content (AvgIpc) is 2.95. The molecule has 8 heteroatoms. The quantitative estimate of drug-likeness (QED) is 0.656. The fourth-order valence-electron chi connectivity index (χ4n) is 3.48. The summed E-state index contributed by atoms with van der Waals surface area (Å²) in [5.41, 5.74) is 1.76. The lowest BCUT2D eigenvalue weighted by Gasteiger charge is -2.23. The first-order valence-electron chi connectivity index (χ1n) is 9.50. The Morgan fingerprint density at radius 2 is 1.66 bits per heavy atom. The minimum absolute atomic E-state index is 0.179. The van der Waals surface area contributed by atoms with Gasteiger partial charge in [0.05, 0.1) is 5.69 Å². The first kappa shape index (κ1) is 19.4. The molecule has 3 aromatic rings. The molecular formula is C21H21ClFN5O. The maximum atomic E-state index is 13.2. The van der Waals surface area contributed by atoms with Gasteiger partial charge in [0.25, 0.3) is 5.91 Å². The second kappa shape index (κ2) is 8.21. The Labute approximate surface area is 173 Å². The third kappa shape index (κ3) is 4.24. The largest absolute Gasteiger partial charge is 0.370 e. The third-order valence-electron chi connectivity index (χ3n) is 5.01. The van der Waals surface area contributed by atoms with Crippen LogP contribution in [0.4, 0.5) is 10.1 Å². The molecule has 1 amide bonds. The van der Waals surface area contributed by atoms with E-state index in [-0.39, 0.29) is 17.5 Å². The second-order valence-corrected chi connectivity index (χ2v) is 7.42. The number of carbonyl (C=O) groups excluding carboxylic acids is 1. The molecule has 29 heavy (non-hydrogen) atoms. The van der Waals surface area contributed by atoms with Crippen molar-refractivity contribution >= 4 is 23.2 Å². The van der Waals surface area contributed by atoms with E-state index in [0.717, 1.165) is 24.3 Å². The van der Waals surface area contributed by atoms with Crippen molar-refractivity contribution in [1.29, 1.82) is 0 Å². The topological polar surface area (TPSA) is 54.3 Å². The lowest BCUT2D eigenvalue weighted by Crippen LogP contribution is -2.35. The van der Waals surface area contributed by atoms with Gasteiger partial charge in [0.2, 0.25) is 5.82 Å². The summed E-state index contributed by atoms with van der Waals surface area (Å²) in [6.45, 7) is 4.49. The van der Waals surface area contributed by atoms with Gasteiger partial charge in [0.1, 0.15) is 11.6 Å². The lowest BCUT2D eigenvalue weighted by molar-refractivity contribution is 0.0755. The zero-order valence-electron chi connectivity index (χ0n) is 16.1. The predicted octanol–water partition coefficient (Wildman–Crippen LogP) is 3.72. The third-order valence-corrected chi connectivity index (χ3v) is 5.26. The summed E-state index contributed by atoms with van der Waals surface area (Å²) < 4.78 is 14.8. The number of rotatable bonds is 3. The molecule has 0 aliphatic carbocycles. The number of hydrogen-bond acceptors (Lipinski definition) is 4. The van der Waals surface area contributed by atoms with Gasteiger partial charge >= 0.3 is 0 Å². The standard InChI is InChI=1S/C21H21ClFN5O/c1-15-24-20(25-28(15)19-7-3-16(22)4-8-19)21(29)27-12-2-11-26(13-14-27)18-9-5-17(23)6-10-18/h3-10H,2,11-14H2,1H3. The second-order valence-electron chi connectivity index (χ2n) is 6.98. The highest BCUT2D eigenvalue weighted by molar-refractivity contribution is 6.30. The fraction of sp³-hybridized carbons (Fsp3) is 0.286. The number of halogens is 2. The molecule has 0 unspecified atom stereocenters. The average molecular weight is 414 g/mol. The van der Waals surface area contributed by atoms with Gasteiger partial charge < -0.3 is 9.80 Å². The highest BCUT2D eigenvalue weighted by Gasteiger charge is 2.24. The van der Waals surface area contributed by atoms with Crippen LogP contribution in [0.1, 0.15) is 22.9 Å². The van der Waals surface area contributed by atoms with Gasteiger partial charge in [0.15, 0.2) is 0 Å². The van der Waals surface area contributed by atoms with E-state index in [1.807, 2.05) is 19.1 Å². The fourth-order valence-corrected chi connectivity index (χ4v) is 3.61. The van der Waals surface area contributed by atoms with Crippen LogP contribution < -0.4 is 4.90 Å². The highest BCUT2D eigenvalue weighted by atomic mass is 35.5. The number of benzene rings is 2. The monoisotopic (exact) mass is 413 g/mol. The molecule has 0 saturated carbocycles. The van der Waals surface area contributed by atoms with Gasteiger partial charge in [-0.3, -0.25) is 4.79 Å². The van der Waals surface area contributed by atoms with E-state index in [0.29, 0.717) is 30.5 Å². The van der Waals surface area contributed by atoms with E-state index < -0.39 is 0 Å². The Kier molecular flexibility index (Phi) is 5.49. The summed E-state index contributed by atoms with van der Waals surface area (Å²) in [6, 6.07) is 13.7. The molecule has 2 heterocycles. The van der Waals surface area contributed by atoms with Crippen molar-refractivity contribution < 1.29 is 9.18 Å². The van der Waals surface area contributed by atoms with Crippen molar-refractivity contribution in [2.45, 2.75) is 13.3 Å². The van der Waals surface area contributed by atoms with Gasteiger partial charge in [-0.25, -0.2) is 14.1 Å². The Balaban J connectivity index is 1.48. The molecule has 1 aromatic heterocycles. The van der Waals surface area contributed by atoms with Crippen LogP contribution in [0.3, 0.4) is 0 Å². The van der Waals surface area contributed by atoms with Crippen LogP contribution in [0.2, 0.25) is 5.02 Å². The number of amides is 1. The molecule has 6 nitrogen and oxygen atoms in total. The molecule has 4 rings (SSSR count). The van der Waals surface area contributed by atoms with E-state index in [2.05, 4.69) is 15.0 Å². The molecule has 0 bridgehead atoms. The van der Waals surface area contributed by atoms with Crippen molar-refractivity contribution in [2.24, 2.45) is 0 Å². The summed E-state index contributed by atoms with van der Waals surface area (Å²) in [7, 11) is 0. The molecule has 1 aliphatic heterocycles. The van der Waals surface area contributed by atoms with Gasteiger partial charge in [0, 0.05) is 36.9 Å². The molecule has 0 radical (unpaired) electrons. The zero-order chi connectivity index (χ0) is 20.4. The molecule has 1 saturated heterocycles. The number of aromatic nitrogens is 3. The summed E-state index contributed by atoms with van der Waals surface area (Å²) in [5.74, 6) is 0.394. The van der Waals surface area contributed by atoms with Crippen LogP contribution >= 0.6 is 11.6 Å². The molecule has 2 aromatic carbocycles. The molecular weight excluding hydrogens is 393 g/mol. The molecule has 0 spiro atoms. The van der Waals surface area contributed by atoms with Crippen molar-refractivity contribution in [3.05, 3.63) is 71.0 Å². The predicted molar refractivity (Wildman–Crippen MR) is 110 cm³/mol. The van der Waals surface area contributed by atoms with Crippen molar-refractivity contribution in [3.63, 3.8) is 0 Å². The maximum absolute atomic E-state index is 13.2. The van der Waals surface area contributed by atoms with Crippen LogP contribution in [0.15, 0.2) is 48.5 Å². The van der Waals surface area contributed by atoms with Crippen LogP contribution in [0, 0.1) is 12.7 Å². The number of nitrogens with zero attached hydrogens (tertiary/aromatic N) is 5. The van der Waals surface area contributed by atoms with Crippen molar-refractivity contribution in [2.75, 3.05) is 31.1 Å². The zero-order valence-corrected chi connectivity index (χ0v) is 16.8.